The van der Waals surface area contributed by atoms with Crippen LogP contribution in [0.25, 0.3) is 0 Å². The molecule has 9 rings (SSSR count). The lowest BCUT2D eigenvalue weighted by molar-refractivity contribution is -0.147. The fraction of sp³-hybridized carbons (Fsp3) is 0.970. The smallest absolute Gasteiger partial charge is 0.308 e. The summed E-state index contributed by atoms with van der Waals surface area (Å²) < 4.78 is 0. The van der Waals surface area contributed by atoms with Crippen molar-refractivity contribution in [3.63, 3.8) is 0 Å². The molecule has 0 radical (unpaired) electrons. The predicted octanol–water partition coefficient (Wildman–Crippen LogP) is -2.33. The molecule has 14 heteroatoms. The lowest BCUT2D eigenvalue weighted by atomic mass is 9.65. The number of hydrogen-bond acceptors (Lipinski definition) is 13. The summed E-state index contributed by atoms with van der Waals surface area (Å²) in [7, 11) is 0. The van der Waals surface area contributed by atoms with Gasteiger partial charge in [-0.3, -0.25) is 47.3 Å². The van der Waals surface area contributed by atoms with E-state index in [1.807, 2.05) is 0 Å². The lowest BCUT2D eigenvalue weighted by Crippen LogP contribution is -2.70. The number of carbonyl (C=O) groups is 1. The van der Waals surface area contributed by atoms with Crippen molar-refractivity contribution in [1.82, 2.24) is 42.5 Å². The van der Waals surface area contributed by atoms with Crippen LogP contribution in [0.3, 0.4) is 0 Å². The summed E-state index contributed by atoms with van der Waals surface area (Å²) in [4.78, 5) is 12.9. The molecule has 21 atom stereocenters. The zero-order chi connectivity index (χ0) is 32.1. The Morgan fingerprint density at radius 2 is 0.809 bits per heavy atom. The second kappa shape index (κ2) is 12.3. The van der Waals surface area contributed by atoms with Crippen LogP contribution in [0.15, 0.2) is 0 Å². The number of carboxylic acids is 1. The van der Waals surface area contributed by atoms with Gasteiger partial charge in [-0.2, -0.15) is 0 Å². The Kier molecular flexibility index (Phi) is 8.39. The lowest BCUT2D eigenvalue weighted by Gasteiger charge is -2.47. The van der Waals surface area contributed by atoms with Crippen LogP contribution in [0.2, 0.25) is 0 Å². The summed E-state index contributed by atoms with van der Waals surface area (Å²) in [6.45, 7) is 0. The van der Waals surface area contributed by atoms with Crippen molar-refractivity contribution in [2.45, 2.75) is 144 Å². The second-order valence-corrected chi connectivity index (χ2v) is 17.0. The Morgan fingerprint density at radius 1 is 0.426 bits per heavy atom. The van der Waals surface area contributed by atoms with Crippen LogP contribution in [-0.4, -0.2) is 84.6 Å². The van der Waals surface area contributed by atoms with Gasteiger partial charge in [0.05, 0.1) is 55.2 Å². The molecule has 5 aliphatic heterocycles. The number of aliphatic carboxylic acids is 1. The molecule has 4 aliphatic carbocycles. The highest BCUT2D eigenvalue weighted by Gasteiger charge is 2.61. The van der Waals surface area contributed by atoms with Gasteiger partial charge in [0.2, 0.25) is 0 Å². The fourth-order valence-electron chi connectivity index (χ4n) is 12.8. The number of hydrogen-bond donors (Lipinski definition) is 13. The molecule has 47 heavy (non-hydrogen) atoms. The average Bonchev–Trinajstić information content (AvgIpc) is 3.79. The first-order valence-corrected chi connectivity index (χ1v) is 19.1. The maximum absolute atomic E-state index is 12.9. The topological polar surface area (TPSA) is 238 Å². The number of rotatable bonds is 1. The number of nitrogens with two attached hydrogens (primary N) is 4. The van der Waals surface area contributed by atoms with E-state index in [-0.39, 0.29) is 73.1 Å². The van der Waals surface area contributed by atoms with Crippen LogP contribution in [0.4, 0.5) is 0 Å². The Hall–Kier alpha value is -1.01. The quantitative estimate of drug-likeness (QED) is 0.142. The van der Waals surface area contributed by atoms with Crippen LogP contribution in [0.1, 0.15) is 70.6 Å². The van der Waals surface area contributed by atoms with E-state index >= 15 is 0 Å². The summed E-state index contributed by atoms with van der Waals surface area (Å²) in [6.07, 6.45) is 13.5. The molecule has 5 saturated heterocycles. The Balaban J connectivity index is 1.10. The number of fused-ring (bicyclic) bond motifs is 20. The third-order valence-corrected chi connectivity index (χ3v) is 14.9. The van der Waals surface area contributed by atoms with Gasteiger partial charge < -0.3 is 28.0 Å². The Morgan fingerprint density at radius 3 is 1.30 bits per heavy atom. The van der Waals surface area contributed by atoms with Gasteiger partial charge in [0.15, 0.2) is 0 Å². The number of carboxylic acid groups (broad SMARTS) is 1. The van der Waals surface area contributed by atoms with Crippen molar-refractivity contribution in [3.8, 4) is 0 Å². The minimum absolute atomic E-state index is 0.0442. The van der Waals surface area contributed by atoms with E-state index in [9.17, 15) is 9.90 Å². The first-order chi connectivity index (χ1) is 22.8. The van der Waals surface area contributed by atoms with E-state index in [2.05, 4.69) is 42.5 Å². The second-order valence-electron chi connectivity index (χ2n) is 17.0. The van der Waals surface area contributed by atoms with Crippen molar-refractivity contribution < 1.29 is 9.90 Å². The summed E-state index contributed by atoms with van der Waals surface area (Å²) in [5.74, 6) is 0.546. The molecule has 264 valence electrons. The highest BCUT2D eigenvalue weighted by Crippen LogP contribution is 2.46. The van der Waals surface area contributed by atoms with Crippen LogP contribution < -0.4 is 65.5 Å². The van der Waals surface area contributed by atoms with Crippen LogP contribution in [-0.2, 0) is 4.79 Å². The summed E-state index contributed by atoms with van der Waals surface area (Å²) in [5.41, 5.74) is 27.1. The van der Waals surface area contributed by atoms with Crippen molar-refractivity contribution in [2.24, 2.45) is 76.2 Å². The molecule has 0 aromatic rings. The first kappa shape index (κ1) is 31.9. The number of nitrogens with one attached hydrogen (secondary N) is 8. The third kappa shape index (κ3) is 5.16. The third-order valence-electron chi connectivity index (χ3n) is 14.9. The molecule has 9 aliphatic rings. The van der Waals surface area contributed by atoms with E-state index in [4.69, 9.17) is 22.9 Å². The molecular weight excluding hydrogens is 596 g/mol. The zero-order valence-electron chi connectivity index (χ0n) is 27.6. The van der Waals surface area contributed by atoms with Gasteiger partial charge in [0, 0.05) is 41.9 Å². The largest absolute Gasteiger partial charge is 0.481 e. The van der Waals surface area contributed by atoms with Gasteiger partial charge in [0.25, 0.3) is 0 Å². The molecule has 4 saturated carbocycles. The van der Waals surface area contributed by atoms with Crippen LogP contribution in [0.5, 0.6) is 0 Å². The van der Waals surface area contributed by atoms with Gasteiger partial charge in [-0.05, 0) is 68.1 Å². The molecule has 0 aromatic heterocycles. The Labute approximate surface area is 278 Å². The molecule has 17 N–H and O–H groups in total. The highest BCUT2D eigenvalue weighted by atomic mass is 16.4. The summed E-state index contributed by atoms with van der Waals surface area (Å²) in [6, 6.07) is -1.71. The first-order valence-electron chi connectivity index (χ1n) is 19.1. The molecule has 8 bridgehead atoms. The van der Waals surface area contributed by atoms with E-state index in [1.165, 1.54) is 44.9 Å². The molecular formula is C33H60N12O2. The molecule has 5 heterocycles. The molecule has 14 nitrogen and oxygen atoms in total. The van der Waals surface area contributed by atoms with Crippen LogP contribution >= 0.6 is 0 Å². The van der Waals surface area contributed by atoms with Crippen molar-refractivity contribution in [2.75, 3.05) is 0 Å². The molecule has 9 fully saturated rings. The van der Waals surface area contributed by atoms with E-state index in [0.29, 0.717) is 29.6 Å². The Bertz CT molecular complexity index is 1180. The minimum Gasteiger partial charge on any atom is -0.481 e. The minimum atomic E-state index is -0.897. The predicted molar refractivity (Wildman–Crippen MR) is 177 cm³/mol. The normalized spacial score (nSPS) is 58.7. The van der Waals surface area contributed by atoms with E-state index in [1.54, 1.807) is 0 Å². The standard InChI is InChI=1S/C33H60N12O2/c34-17-11-5-10-16-18(17)30-43-29(16)41-27-13-7-2-1-6-12(13)25(39-27)38-26-14-8-3-4-9-15(14)28(40-26)42-31-19-20(32(44-30)45-31)22(35)24(37)23(36)21(19)33(46)47/h12-32,38-45H,1-11,34-37H2,(H,46,47). The molecule has 21 unspecified atom stereocenters. The summed E-state index contributed by atoms with van der Waals surface area (Å²) >= 11 is 0. The fourth-order valence-corrected chi connectivity index (χ4v) is 12.8. The van der Waals surface area contributed by atoms with Crippen LogP contribution in [0, 0.1) is 53.3 Å². The molecule has 0 aromatic carbocycles. The summed E-state index contributed by atoms with van der Waals surface area (Å²) in [5, 5.41) is 42.8. The van der Waals surface area contributed by atoms with Crippen molar-refractivity contribution in [3.05, 3.63) is 0 Å². The van der Waals surface area contributed by atoms with E-state index < -0.39 is 30.0 Å². The monoisotopic (exact) mass is 656 g/mol. The molecule has 0 spiro atoms. The van der Waals surface area contributed by atoms with Gasteiger partial charge in [0.1, 0.15) is 0 Å². The zero-order valence-corrected chi connectivity index (χ0v) is 27.6. The van der Waals surface area contributed by atoms with Gasteiger partial charge in [-0.25, -0.2) is 0 Å². The molecule has 0 amide bonds. The maximum atomic E-state index is 12.9. The SMILES string of the molecule is NC1CCCC2C3NC4NC(NC5NC(NC6NC(NC(N3)C12)C1C(N)C(N)C(N)C(C(=O)O)C61)C1CCCCC51)C1CCCCC41. The van der Waals surface area contributed by atoms with Gasteiger partial charge >= 0.3 is 5.97 Å². The van der Waals surface area contributed by atoms with Crippen molar-refractivity contribution in [1.29, 1.82) is 0 Å². The van der Waals surface area contributed by atoms with E-state index in [0.717, 1.165) is 25.7 Å². The highest BCUT2D eigenvalue weighted by molar-refractivity contribution is 5.72. The average molecular weight is 657 g/mol. The van der Waals surface area contributed by atoms with Crippen molar-refractivity contribution >= 4 is 5.97 Å². The maximum Gasteiger partial charge on any atom is 0.308 e. The van der Waals surface area contributed by atoms with Gasteiger partial charge in [-0.15, -0.1) is 0 Å². The van der Waals surface area contributed by atoms with Gasteiger partial charge in [-0.1, -0.05) is 32.1 Å².